The van der Waals surface area contributed by atoms with Crippen molar-refractivity contribution in [3.8, 4) is 5.75 Å². The normalized spacial score (nSPS) is 13.4. The lowest BCUT2D eigenvalue weighted by molar-refractivity contribution is -0.120. The highest BCUT2D eigenvalue weighted by molar-refractivity contribution is 7.91. The summed E-state index contributed by atoms with van der Waals surface area (Å²) in [6.45, 7) is 4.75. The maximum atomic E-state index is 13.7. The third-order valence-corrected chi connectivity index (χ3v) is 7.51. The van der Waals surface area contributed by atoms with E-state index in [1.165, 1.54) is 6.20 Å². The molecule has 0 spiro atoms. The number of nitrogens with zero attached hydrogens (tertiary/aromatic N) is 3. The van der Waals surface area contributed by atoms with E-state index in [-0.39, 0.29) is 24.7 Å². The van der Waals surface area contributed by atoms with E-state index in [2.05, 4.69) is 10.3 Å². The first kappa shape index (κ1) is 26.9. The summed E-state index contributed by atoms with van der Waals surface area (Å²) in [5.41, 5.74) is 2.23. The number of fused-ring (bicyclic) bond motifs is 1. The monoisotopic (exact) mass is 537 g/mol. The summed E-state index contributed by atoms with van der Waals surface area (Å²) < 4.78 is 34.6. The number of likely N-dealkylation sites (N-methyl/N-ethyl adjacent to an activating group) is 1. The largest absolute Gasteiger partial charge is 0.494 e. The van der Waals surface area contributed by atoms with Gasteiger partial charge in [-0.3, -0.25) is 4.79 Å². The molecule has 0 fully saturated rings. The molecule has 11 heteroatoms. The highest BCUT2D eigenvalue weighted by Gasteiger charge is 2.33. The van der Waals surface area contributed by atoms with Gasteiger partial charge in [0, 0.05) is 31.4 Å². The van der Waals surface area contributed by atoms with Crippen LogP contribution in [0, 0.1) is 0 Å². The Balaban J connectivity index is 1.53. The number of carbonyl (C=O) groups is 2. The van der Waals surface area contributed by atoms with Crippen molar-refractivity contribution in [2.45, 2.75) is 32.7 Å². The number of amides is 3. The Bertz CT molecular complexity index is 1370. The zero-order chi connectivity index (χ0) is 27.1. The molecule has 2 aromatic carbocycles. The van der Waals surface area contributed by atoms with Crippen LogP contribution >= 0.6 is 0 Å². The molecule has 1 aliphatic heterocycles. The molecule has 200 valence electrons. The van der Waals surface area contributed by atoms with Crippen molar-refractivity contribution in [1.82, 2.24) is 15.0 Å². The van der Waals surface area contributed by atoms with Gasteiger partial charge in [-0.25, -0.2) is 18.8 Å². The van der Waals surface area contributed by atoms with Crippen molar-refractivity contribution in [3.63, 3.8) is 0 Å². The fourth-order valence-corrected chi connectivity index (χ4v) is 5.49. The summed E-state index contributed by atoms with van der Waals surface area (Å²) in [7, 11) is -4.24. The van der Waals surface area contributed by atoms with Crippen LogP contribution in [0.4, 0.5) is 16.3 Å². The second-order valence-electron chi connectivity index (χ2n) is 8.64. The van der Waals surface area contributed by atoms with E-state index >= 15 is 0 Å². The lowest BCUT2D eigenvalue weighted by atomic mass is 10.0. The average Bonchev–Trinajstić information content (AvgIpc) is 3.35. The Morgan fingerprint density at radius 2 is 1.79 bits per heavy atom. The summed E-state index contributed by atoms with van der Waals surface area (Å²) in [4.78, 5) is 32.3. The van der Waals surface area contributed by atoms with E-state index in [1.807, 2.05) is 48.9 Å². The van der Waals surface area contributed by atoms with Gasteiger partial charge in [-0.2, -0.15) is 8.42 Å². The highest BCUT2D eigenvalue weighted by atomic mass is 32.2. The molecular weight excluding hydrogens is 506 g/mol. The number of ether oxygens (including phenoxy) is 1. The standard InChI is InChI=1S/C27H31N5O5S/c1-3-31(22-12-14-23(15-13-22)37-4-2)26(33)24(19-20-9-6-5-7-10-20)29-27(34)30-38(35,36)32-18-16-21-11-8-17-28-25(21)32/h5-15,17,24H,3-4,16,18-19H2,1-2H3,(H2,29,30,34). The van der Waals surface area contributed by atoms with Crippen LogP contribution in [0.25, 0.3) is 0 Å². The lowest BCUT2D eigenvalue weighted by Crippen LogP contribution is -2.55. The van der Waals surface area contributed by atoms with E-state index in [4.69, 9.17) is 4.74 Å². The molecule has 3 amide bonds. The Morgan fingerprint density at radius 1 is 1.05 bits per heavy atom. The average molecular weight is 538 g/mol. The van der Waals surface area contributed by atoms with Crippen LogP contribution in [-0.2, 0) is 27.8 Å². The Labute approximate surface area is 222 Å². The van der Waals surface area contributed by atoms with Crippen molar-refractivity contribution < 1.29 is 22.7 Å². The number of benzene rings is 2. The van der Waals surface area contributed by atoms with Crippen LogP contribution < -0.4 is 24.0 Å². The summed E-state index contributed by atoms with van der Waals surface area (Å²) in [6.07, 6.45) is 2.17. The number of urea groups is 1. The Kier molecular flexibility index (Phi) is 8.47. The number of anilines is 2. The van der Waals surface area contributed by atoms with E-state index in [9.17, 15) is 18.0 Å². The van der Waals surface area contributed by atoms with E-state index < -0.39 is 22.3 Å². The third kappa shape index (κ3) is 6.23. The van der Waals surface area contributed by atoms with Crippen molar-refractivity contribution in [3.05, 3.63) is 84.1 Å². The molecule has 2 N–H and O–H groups in total. The first-order valence-corrected chi connectivity index (χ1v) is 13.9. The summed E-state index contributed by atoms with van der Waals surface area (Å²) in [5.74, 6) is 0.597. The fourth-order valence-electron chi connectivity index (χ4n) is 4.36. The number of carbonyl (C=O) groups excluding carboxylic acids is 2. The Morgan fingerprint density at radius 3 is 2.47 bits per heavy atom. The Hall–Kier alpha value is -4.12. The van der Waals surface area contributed by atoms with Crippen LogP contribution in [-0.4, -0.2) is 51.1 Å². The number of pyridine rings is 1. The second kappa shape index (κ2) is 12.0. The first-order valence-electron chi connectivity index (χ1n) is 12.5. The van der Waals surface area contributed by atoms with Gasteiger partial charge in [-0.15, -0.1) is 0 Å². The molecule has 0 saturated heterocycles. The summed E-state index contributed by atoms with van der Waals surface area (Å²) in [6, 6.07) is 17.8. The minimum Gasteiger partial charge on any atom is -0.494 e. The molecule has 1 atom stereocenters. The van der Waals surface area contributed by atoms with Crippen molar-refractivity contribution in [2.75, 3.05) is 28.9 Å². The fraction of sp³-hybridized carbons (Fsp3) is 0.296. The van der Waals surface area contributed by atoms with Crippen LogP contribution in [0.5, 0.6) is 5.75 Å². The van der Waals surface area contributed by atoms with Gasteiger partial charge in [-0.1, -0.05) is 36.4 Å². The molecule has 10 nitrogen and oxygen atoms in total. The summed E-state index contributed by atoms with van der Waals surface area (Å²) >= 11 is 0. The summed E-state index contributed by atoms with van der Waals surface area (Å²) in [5, 5.41) is 2.59. The predicted molar refractivity (Wildman–Crippen MR) is 145 cm³/mol. The molecule has 0 aliphatic carbocycles. The van der Waals surface area contributed by atoms with Gasteiger partial charge >= 0.3 is 16.2 Å². The number of aromatic nitrogens is 1. The van der Waals surface area contributed by atoms with Gasteiger partial charge < -0.3 is 15.0 Å². The van der Waals surface area contributed by atoms with Gasteiger partial charge in [0.1, 0.15) is 17.6 Å². The maximum Gasteiger partial charge on any atom is 0.330 e. The third-order valence-electron chi connectivity index (χ3n) is 6.13. The van der Waals surface area contributed by atoms with Crippen LogP contribution in [0.2, 0.25) is 0 Å². The SMILES string of the molecule is CCOc1ccc(N(CC)C(=O)C(Cc2ccccc2)NC(=O)NS(=O)(=O)N2CCc3cccnc32)cc1. The van der Waals surface area contributed by atoms with Crippen molar-refractivity contribution in [2.24, 2.45) is 0 Å². The van der Waals surface area contributed by atoms with Gasteiger partial charge in [0.15, 0.2) is 0 Å². The van der Waals surface area contributed by atoms with Gasteiger partial charge in [-0.05, 0) is 61.7 Å². The van der Waals surface area contributed by atoms with Crippen molar-refractivity contribution >= 4 is 33.7 Å². The molecule has 3 aromatic rings. The molecule has 2 heterocycles. The van der Waals surface area contributed by atoms with Crippen molar-refractivity contribution in [1.29, 1.82) is 0 Å². The van der Waals surface area contributed by atoms with Gasteiger partial charge in [0.2, 0.25) is 5.91 Å². The van der Waals surface area contributed by atoms with Crippen LogP contribution in [0.1, 0.15) is 25.0 Å². The smallest absolute Gasteiger partial charge is 0.330 e. The van der Waals surface area contributed by atoms with E-state index in [0.717, 1.165) is 15.4 Å². The number of hydrogen-bond acceptors (Lipinski definition) is 6. The lowest BCUT2D eigenvalue weighted by Gasteiger charge is -2.28. The van der Waals surface area contributed by atoms with E-state index in [1.54, 1.807) is 41.3 Å². The molecule has 38 heavy (non-hydrogen) atoms. The quantitative estimate of drug-likeness (QED) is 0.410. The topological polar surface area (TPSA) is 121 Å². The second-order valence-corrected chi connectivity index (χ2v) is 10.2. The number of hydrogen-bond donors (Lipinski definition) is 2. The minimum atomic E-state index is -4.24. The zero-order valence-electron chi connectivity index (χ0n) is 21.3. The van der Waals surface area contributed by atoms with Crippen LogP contribution in [0.3, 0.4) is 0 Å². The molecule has 1 aromatic heterocycles. The predicted octanol–water partition coefficient (Wildman–Crippen LogP) is 3.05. The highest BCUT2D eigenvalue weighted by Crippen LogP contribution is 2.27. The molecular formula is C27H31N5O5S. The minimum absolute atomic E-state index is 0.169. The van der Waals surface area contributed by atoms with Gasteiger partial charge in [0.25, 0.3) is 0 Å². The molecule has 1 aliphatic rings. The molecule has 0 saturated carbocycles. The molecule has 1 unspecified atom stereocenters. The number of nitrogens with one attached hydrogen (secondary N) is 2. The first-order chi connectivity index (χ1) is 18.3. The van der Waals surface area contributed by atoms with Crippen LogP contribution in [0.15, 0.2) is 72.9 Å². The molecule has 4 rings (SSSR count). The number of rotatable bonds is 10. The molecule has 0 bridgehead atoms. The molecule has 0 radical (unpaired) electrons. The van der Waals surface area contributed by atoms with Gasteiger partial charge in [0.05, 0.1) is 6.61 Å². The zero-order valence-corrected chi connectivity index (χ0v) is 22.1. The maximum absolute atomic E-state index is 13.7. The van der Waals surface area contributed by atoms with E-state index in [0.29, 0.717) is 31.0 Å².